The zero-order valence-corrected chi connectivity index (χ0v) is 11.9. The highest BCUT2D eigenvalue weighted by Gasteiger charge is 2.09. The molecule has 1 rings (SSSR count). The molecule has 96 valence electrons. The van der Waals surface area contributed by atoms with Crippen molar-refractivity contribution in [2.75, 3.05) is 13.7 Å². The second kappa shape index (κ2) is 7.25. The van der Waals surface area contributed by atoms with Gasteiger partial charge in [0.25, 0.3) is 0 Å². The van der Waals surface area contributed by atoms with Crippen molar-refractivity contribution in [3.8, 4) is 23.6 Å². The van der Waals surface area contributed by atoms with Crippen LogP contribution >= 0.6 is 15.9 Å². The molecule has 0 heterocycles. The zero-order valence-electron chi connectivity index (χ0n) is 10.3. The van der Waals surface area contributed by atoms with E-state index in [1.807, 2.05) is 12.1 Å². The van der Waals surface area contributed by atoms with Gasteiger partial charge in [0.05, 0.1) is 7.11 Å². The van der Waals surface area contributed by atoms with Crippen molar-refractivity contribution in [1.82, 2.24) is 0 Å². The van der Waals surface area contributed by atoms with Crippen LogP contribution in [0.25, 0.3) is 6.08 Å². The van der Waals surface area contributed by atoms with Crippen molar-refractivity contribution in [2.45, 2.75) is 0 Å². The number of benzene rings is 1. The molecule has 0 radical (unpaired) electrons. The average molecular weight is 319 g/mol. The molecule has 1 aromatic rings. The maximum atomic E-state index is 8.75. The first-order chi connectivity index (χ1) is 9.15. The molecule has 0 saturated carbocycles. The quantitative estimate of drug-likeness (QED) is 0.616. The summed E-state index contributed by atoms with van der Waals surface area (Å²) in [6.45, 7) is 3.93. The Kier molecular flexibility index (Phi) is 5.66. The minimum absolute atomic E-state index is 0.0162. The summed E-state index contributed by atoms with van der Waals surface area (Å²) >= 11 is 3.36. The molecular formula is C14H11BrN2O2. The minimum Gasteiger partial charge on any atom is -0.493 e. The van der Waals surface area contributed by atoms with E-state index in [2.05, 4.69) is 22.5 Å². The summed E-state index contributed by atoms with van der Waals surface area (Å²) in [4.78, 5) is 0. The number of ether oxygens (including phenoxy) is 2. The Balaban J connectivity index is 3.24. The number of hydrogen-bond acceptors (Lipinski definition) is 4. The molecule has 0 amide bonds. The highest BCUT2D eigenvalue weighted by molar-refractivity contribution is 9.10. The fourth-order valence-electron chi connectivity index (χ4n) is 1.33. The topological polar surface area (TPSA) is 66.0 Å². The van der Waals surface area contributed by atoms with Gasteiger partial charge in [-0.3, -0.25) is 0 Å². The van der Waals surface area contributed by atoms with Crippen LogP contribution in [0.2, 0.25) is 0 Å². The van der Waals surface area contributed by atoms with E-state index in [0.29, 0.717) is 28.1 Å². The van der Waals surface area contributed by atoms with E-state index in [9.17, 15) is 0 Å². The largest absolute Gasteiger partial charge is 0.493 e. The first-order valence-corrected chi connectivity index (χ1v) is 6.08. The first kappa shape index (κ1) is 14.8. The Morgan fingerprint density at radius 2 is 2.05 bits per heavy atom. The maximum Gasteiger partial charge on any atom is 0.162 e. The number of halogens is 1. The second-order valence-electron chi connectivity index (χ2n) is 3.41. The highest BCUT2D eigenvalue weighted by atomic mass is 79.9. The van der Waals surface area contributed by atoms with E-state index < -0.39 is 0 Å². The molecular weight excluding hydrogens is 308 g/mol. The molecule has 0 unspecified atom stereocenters. The third-order valence-electron chi connectivity index (χ3n) is 2.18. The summed E-state index contributed by atoms with van der Waals surface area (Å²) in [5.41, 5.74) is 0.684. The van der Waals surface area contributed by atoms with E-state index in [-0.39, 0.29) is 5.57 Å². The number of nitriles is 2. The molecule has 5 heteroatoms. The molecule has 0 aliphatic rings. The maximum absolute atomic E-state index is 8.75. The van der Waals surface area contributed by atoms with Crippen LogP contribution < -0.4 is 9.47 Å². The van der Waals surface area contributed by atoms with E-state index in [1.54, 1.807) is 18.2 Å². The average Bonchev–Trinajstić information content (AvgIpc) is 2.43. The van der Waals surface area contributed by atoms with Gasteiger partial charge in [-0.25, -0.2) is 0 Å². The van der Waals surface area contributed by atoms with Crippen molar-refractivity contribution >= 4 is 22.0 Å². The molecule has 0 bridgehead atoms. The van der Waals surface area contributed by atoms with Gasteiger partial charge in [0.15, 0.2) is 11.5 Å². The second-order valence-corrected chi connectivity index (χ2v) is 4.26. The van der Waals surface area contributed by atoms with Crippen molar-refractivity contribution in [2.24, 2.45) is 0 Å². The van der Waals surface area contributed by atoms with Gasteiger partial charge < -0.3 is 9.47 Å². The lowest BCUT2D eigenvalue weighted by Gasteiger charge is -2.11. The van der Waals surface area contributed by atoms with E-state index in [1.165, 1.54) is 13.2 Å². The Morgan fingerprint density at radius 3 is 2.58 bits per heavy atom. The monoisotopic (exact) mass is 318 g/mol. The lowest BCUT2D eigenvalue weighted by Crippen LogP contribution is -1.97. The summed E-state index contributed by atoms with van der Waals surface area (Å²) in [6.07, 6.45) is 3.11. The Bertz CT molecular complexity index is 579. The summed E-state index contributed by atoms with van der Waals surface area (Å²) in [6, 6.07) is 7.03. The third-order valence-corrected chi connectivity index (χ3v) is 2.87. The summed E-state index contributed by atoms with van der Waals surface area (Å²) in [7, 11) is 1.52. The van der Waals surface area contributed by atoms with Crippen molar-refractivity contribution in [3.63, 3.8) is 0 Å². The molecule has 4 nitrogen and oxygen atoms in total. The number of nitrogens with zero attached hydrogens (tertiary/aromatic N) is 2. The molecule has 0 atom stereocenters. The molecule has 0 spiro atoms. The van der Waals surface area contributed by atoms with Crippen LogP contribution in [0.5, 0.6) is 11.5 Å². The molecule has 0 aromatic heterocycles. The molecule has 0 aliphatic carbocycles. The van der Waals surface area contributed by atoms with Gasteiger partial charge in [-0.05, 0) is 23.8 Å². The van der Waals surface area contributed by atoms with Crippen LogP contribution in [-0.2, 0) is 0 Å². The Morgan fingerprint density at radius 1 is 1.37 bits per heavy atom. The Hall–Kier alpha value is -2.24. The smallest absolute Gasteiger partial charge is 0.162 e. The number of hydrogen-bond donors (Lipinski definition) is 0. The van der Waals surface area contributed by atoms with Crippen LogP contribution in [0.15, 0.2) is 34.8 Å². The van der Waals surface area contributed by atoms with E-state index in [0.717, 1.165) is 0 Å². The van der Waals surface area contributed by atoms with Gasteiger partial charge in [-0.2, -0.15) is 10.5 Å². The van der Waals surface area contributed by atoms with Crippen LogP contribution in [0, 0.1) is 22.7 Å². The summed E-state index contributed by atoms with van der Waals surface area (Å²) in [5, 5.41) is 17.5. The lowest BCUT2D eigenvalue weighted by molar-refractivity contribution is 0.326. The van der Waals surface area contributed by atoms with Crippen LogP contribution in [0.3, 0.4) is 0 Å². The zero-order chi connectivity index (χ0) is 14.3. The van der Waals surface area contributed by atoms with Gasteiger partial charge in [0.1, 0.15) is 24.3 Å². The SMILES string of the molecule is C=CCOc1cc(Br)c(C=C(C#N)C#N)cc1OC. The number of rotatable bonds is 5. The molecule has 0 fully saturated rings. The van der Waals surface area contributed by atoms with Crippen LogP contribution in [0.1, 0.15) is 5.56 Å². The predicted octanol–water partition coefficient (Wildman–Crippen LogP) is 3.45. The van der Waals surface area contributed by atoms with Crippen molar-refractivity contribution in [3.05, 3.63) is 40.4 Å². The van der Waals surface area contributed by atoms with Gasteiger partial charge in [0.2, 0.25) is 0 Å². The Labute approximate surface area is 120 Å². The summed E-state index contributed by atoms with van der Waals surface area (Å²) in [5.74, 6) is 1.08. The van der Waals surface area contributed by atoms with Crippen LogP contribution in [0.4, 0.5) is 0 Å². The van der Waals surface area contributed by atoms with Gasteiger partial charge in [-0.15, -0.1) is 0 Å². The van der Waals surface area contributed by atoms with Gasteiger partial charge in [-0.1, -0.05) is 28.6 Å². The molecule has 0 aliphatic heterocycles. The summed E-state index contributed by atoms with van der Waals surface area (Å²) < 4.78 is 11.4. The van der Waals surface area contributed by atoms with Gasteiger partial charge in [0, 0.05) is 4.47 Å². The van der Waals surface area contributed by atoms with E-state index >= 15 is 0 Å². The normalized spacial score (nSPS) is 8.84. The molecule has 1 aromatic carbocycles. The standard InChI is InChI=1S/C14H11BrN2O2/c1-3-4-19-14-7-12(15)11(6-13(14)18-2)5-10(8-16)9-17/h3,5-7H,1,4H2,2H3. The first-order valence-electron chi connectivity index (χ1n) is 5.29. The minimum atomic E-state index is 0.0162. The molecule has 0 saturated heterocycles. The number of allylic oxidation sites excluding steroid dienone is 1. The van der Waals surface area contributed by atoms with Crippen LogP contribution in [-0.4, -0.2) is 13.7 Å². The third kappa shape index (κ3) is 3.87. The number of methoxy groups -OCH3 is 1. The van der Waals surface area contributed by atoms with Gasteiger partial charge >= 0.3 is 0 Å². The fraction of sp³-hybridized carbons (Fsp3) is 0.143. The predicted molar refractivity (Wildman–Crippen MR) is 75.6 cm³/mol. The fourth-order valence-corrected chi connectivity index (χ4v) is 1.76. The van der Waals surface area contributed by atoms with E-state index in [4.69, 9.17) is 20.0 Å². The highest BCUT2D eigenvalue weighted by Crippen LogP contribution is 2.34. The lowest BCUT2D eigenvalue weighted by atomic mass is 10.1. The molecule has 19 heavy (non-hydrogen) atoms. The van der Waals surface area contributed by atoms with Crippen molar-refractivity contribution < 1.29 is 9.47 Å². The van der Waals surface area contributed by atoms with Crippen molar-refractivity contribution in [1.29, 1.82) is 10.5 Å². The molecule has 0 N–H and O–H groups in total.